The number of carbonyl (C=O) groups is 2. The number of hydrogen-bond acceptors (Lipinski definition) is 2. The first-order valence-corrected chi connectivity index (χ1v) is 5.54. The first-order valence-electron chi connectivity index (χ1n) is 5.54. The highest BCUT2D eigenvalue weighted by Crippen LogP contribution is 2.18. The average Bonchev–Trinajstić information content (AvgIpc) is 2.44. The number of hydrogen-bond donors (Lipinski definition) is 1. The van der Waals surface area contributed by atoms with Crippen LogP contribution in [0.2, 0.25) is 0 Å². The summed E-state index contributed by atoms with van der Waals surface area (Å²) < 4.78 is 39.0. The van der Waals surface area contributed by atoms with Crippen molar-refractivity contribution in [1.82, 2.24) is 0 Å². The summed E-state index contributed by atoms with van der Waals surface area (Å²) in [5, 5.41) is 1.91. The second-order valence-corrected chi connectivity index (χ2v) is 3.90. The van der Waals surface area contributed by atoms with Crippen molar-refractivity contribution in [3.8, 4) is 0 Å². The van der Waals surface area contributed by atoms with Crippen molar-refractivity contribution in [1.29, 1.82) is 0 Å². The van der Waals surface area contributed by atoms with E-state index in [1.165, 1.54) is 12.1 Å². The van der Waals surface area contributed by atoms with Crippen molar-refractivity contribution in [3.63, 3.8) is 0 Å². The molecule has 2 rings (SSSR count). The Labute approximate surface area is 112 Å². The summed E-state index contributed by atoms with van der Waals surface area (Å²) in [6, 6.07) is 8.34. The molecule has 6 heteroatoms. The first-order chi connectivity index (χ1) is 9.49. The number of carbonyl (C=O) groups excluding carboxylic acids is 2. The molecule has 0 bridgehead atoms. The number of Topliss-reactive ketones (excluding diaryl/α,β-unsaturated/α-hetero) is 1. The van der Waals surface area contributed by atoms with Crippen molar-refractivity contribution in [2.24, 2.45) is 0 Å². The standard InChI is InChI=1S/C14H8F3NO2/c15-9-6-11(17)12(7-10(9)16)18-14(20)13(19)8-4-2-1-3-5-8/h1-7H,(H,18,20). The van der Waals surface area contributed by atoms with Gasteiger partial charge >= 0.3 is 0 Å². The molecule has 102 valence electrons. The fourth-order valence-corrected chi connectivity index (χ4v) is 1.52. The van der Waals surface area contributed by atoms with Crippen LogP contribution in [0.25, 0.3) is 0 Å². The number of rotatable bonds is 3. The van der Waals surface area contributed by atoms with Gasteiger partial charge in [-0.2, -0.15) is 0 Å². The molecule has 0 atom stereocenters. The fourth-order valence-electron chi connectivity index (χ4n) is 1.52. The monoisotopic (exact) mass is 279 g/mol. The molecule has 0 aliphatic carbocycles. The van der Waals surface area contributed by atoms with Crippen LogP contribution in [0.4, 0.5) is 18.9 Å². The van der Waals surface area contributed by atoms with E-state index >= 15 is 0 Å². The average molecular weight is 279 g/mol. The van der Waals surface area contributed by atoms with E-state index in [2.05, 4.69) is 0 Å². The smallest absolute Gasteiger partial charge is 0.296 e. The SMILES string of the molecule is O=C(Nc1cc(F)c(F)cc1F)C(=O)c1ccccc1. The summed E-state index contributed by atoms with van der Waals surface area (Å²) in [6.45, 7) is 0. The second-order valence-electron chi connectivity index (χ2n) is 3.90. The molecule has 0 radical (unpaired) electrons. The predicted octanol–water partition coefficient (Wildman–Crippen LogP) is 2.93. The molecule has 0 heterocycles. The molecule has 0 saturated carbocycles. The highest BCUT2D eigenvalue weighted by atomic mass is 19.2. The van der Waals surface area contributed by atoms with E-state index in [9.17, 15) is 22.8 Å². The van der Waals surface area contributed by atoms with Gasteiger partial charge in [0.25, 0.3) is 11.7 Å². The number of halogens is 3. The van der Waals surface area contributed by atoms with Gasteiger partial charge in [-0.15, -0.1) is 0 Å². The van der Waals surface area contributed by atoms with E-state index in [1.807, 2.05) is 5.32 Å². The maximum absolute atomic E-state index is 13.3. The van der Waals surface area contributed by atoms with Crippen LogP contribution in [0, 0.1) is 17.5 Å². The zero-order valence-electron chi connectivity index (χ0n) is 9.99. The number of nitrogens with one attached hydrogen (secondary N) is 1. The third kappa shape index (κ3) is 2.85. The molecule has 0 aliphatic rings. The van der Waals surface area contributed by atoms with Crippen LogP contribution >= 0.6 is 0 Å². The van der Waals surface area contributed by atoms with Crippen LogP contribution in [-0.2, 0) is 4.79 Å². The molecule has 1 amide bonds. The molecule has 2 aromatic carbocycles. The van der Waals surface area contributed by atoms with E-state index < -0.39 is 34.8 Å². The largest absolute Gasteiger partial charge is 0.316 e. The van der Waals surface area contributed by atoms with Crippen molar-refractivity contribution < 1.29 is 22.8 Å². The third-order valence-corrected chi connectivity index (χ3v) is 2.50. The van der Waals surface area contributed by atoms with Crippen molar-refractivity contribution in [2.45, 2.75) is 0 Å². The van der Waals surface area contributed by atoms with Gasteiger partial charge in [0.05, 0.1) is 5.69 Å². The summed E-state index contributed by atoms with van der Waals surface area (Å²) in [5.74, 6) is -5.92. The molecule has 2 aromatic rings. The van der Waals surface area contributed by atoms with Crippen molar-refractivity contribution in [3.05, 3.63) is 65.5 Å². The van der Waals surface area contributed by atoms with Crippen molar-refractivity contribution in [2.75, 3.05) is 5.32 Å². The van der Waals surface area contributed by atoms with E-state index in [-0.39, 0.29) is 11.6 Å². The molecular weight excluding hydrogens is 271 g/mol. The summed E-state index contributed by atoms with van der Waals surface area (Å²) in [4.78, 5) is 23.3. The number of benzene rings is 2. The summed E-state index contributed by atoms with van der Waals surface area (Å²) in [5.41, 5.74) is -0.494. The Morgan fingerprint density at radius 2 is 1.45 bits per heavy atom. The third-order valence-electron chi connectivity index (χ3n) is 2.50. The number of amides is 1. The molecule has 0 fully saturated rings. The van der Waals surface area contributed by atoms with Gasteiger partial charge < -0.3 is 5.32 Å². The predicted molar refractivity (Wildman–Crippen MR) is 65.7 cm³/mol. The Morgan fingerprint density at radius 1 is 0.850 bits per heavy atom. The van der Waals surface area contributed by atoms with Gasteiger partial charge in [-0.1, -0.05) is 30.3 Å². The summed E-state index contributed by atoms with van der Waals surface area (Å²) >= 11 is 0. The minimum Gasteiger partial charge on any atom is -0.316 e. The van der Waals surface area contributed by atoms with Crippen LogP contribution in [0.15, 0.2) is 42.5 Å². The van der Waals surface area contributed by atoms with Crippen molar-refractivity contribution >= 4 is 17.4 Å². The van der Waals surface area contributed by atoms with Gasteiger partial charge in [0.2, 0.25) is 0 Å². The normalized spacial score (nSPS) is 10.2. The Balaban J connectivity index is 2.20. The summed E-state index contributed by atoms with van der Waals surface area (Å²) in [7, 11) is 0. The van der Waals surface area contributed by atoms with E-state index in [4.69, 9.17) is 0 Å². The lowest BCUT2D eigenvalue weighted by atomic mass is 10.1. The van der Waals surface area contributed by atoms with Gasteiger partial charge in [-0.05, 0) is 0 Å². The van der Waals surface area contributed by atoms with Crippen LogP contribution in [0.1, 0.15) is 10.4 Å². The summed E-state index contributed by atoms with van der Waals surface area (Å²) in [6.07, 6.45) is 0. The molecule has 0 aliphatic heterocycles. The lowest BCUT2D eigenvalue weighted by Crippen LogP contribution is -2.23. The Bertz CT molecular complexity index is 672. The van der Waals surface area contributed by atoms with Gasteiger partial charge in [-0.25, -0.2) is 13.2 Å². The zero-order valence-corrected chi connectivity index (χ0v) is 9.99. The topological polar surface area (TPSA) is 46.2 Å². The highest BCUT2D eigenvalue weighted by molar-refractivity contribution is 6.46. The molecule has 0 unspecified atom stereocenters. The molecule has 20 heavy (non-hydrogen) atoms. The van der Waals surface area contributed by atoms with Gasteiger partial charge in [0, 0.05) is 17.7 Å². The minimum absolute atomic E-state index is 0.105. The van der Waals surface area contributed by atoms with Gasteiger partial charge in [0.15, 0.2) is 11.6 Å². The van der Waals surface area contributed by atoms with E-state index in [0.717, 1.165) is 0 Å². The van der Waals surface area contributed by atoms with Crippen LogP contribution in [0.5, 0.6) is 0 Å². The molecule has 1 N–H and O–H groups in total. The Morgan fingerprint density at radius 3 is 2.10 bits per heavy atom. The molecule has 3 nitrogen and oxygen atoms in total. The van der Waals surface area contributed by atoms with Crippen LogP contribution < -0.4 is 5.32 Å². The Kier molecular flexibility index (Phi) is 3.84. The van der Waals surface area contributed by atoms with Gasteiger partial charge in [-0.3, -0.25) is 9.59 Å². The van der Waals surface area contributed by atoms with E-state index in [1.54, 1.807) is 18.2 Å². The lowest BCUT2D eigenvalue weighted by Gasteiger charge is -2.06. The van der Waals surface area contributed by atoms with Gasteiger partial charge in [0.1, 0.15) is 5.82 Å². The van der Waals surface area contributed by atoms with Crippen LogP contribution in [0.3, 0.4) is 0 Å². The zero-order chi connectivity index (χ0) is 14.7. The Hall–Kier alpha value is -2.63. The molecule has 0 aromatic heterocycles. The molecule has 0 saturated heterocycles. The van der Waals surface area contributed by atoms with E-state index in [0.29, 0.717) is 6.07 Å². The lowest BCUT2D eigenvalue weighted by molar-refractivity contribution is -0.112. The fraction of sp³-hybridized carbons (Fsp3) is 0. The second kappa shape index (κ2) is 5.56. The molecule has 0 spiro atoms. The number of ketones is 1. The maximum atomic E-state index is 13.3. The quantitative estimate of drug-likeness (QED) is 0.533. The number of anilines is 1. The highest BCUT2D eigenvalue weighted by Gasteiger charge is 2.18. The minimum atomic E-state index is -1.38. The van der Waals surface area contributed by atoms with Crippen LogP contribution in [-0.4, -0.2) is 11.7 Å². The maximum Gasteiger partial charge on any atom is 0.296 e. The molecular formula is C14H8F3NO2. The first kappa shape index (κ1) is 13.8.